The van der Waals surface area contributed by atoms with Gasteiger partial charge in [-0.15, -0.1) is 0 Å². The summed E-state index contributed by atoms with van der Waals surface area (Å²) in [6, 6.07) is 0. The van der Waals surface area contributed by atoms with E-state index in [4.69, 9.17) is 4.74 Å². The van der Waals surface area contributed by atoms with Crippen molar-refractivity contribution in [2.45, 2.75) is 46.3 Å². The van der Waals surface area contributed by atoms with E-state index in [1.165, 1.54) is 13.8 Å². The first-order valence-corrected chi connectivity index (χ1v) is 4.12. The van der Waals surface area contributed by atoms with E-state index in [0.717, 1.165) is 0 Å². The van der Waals surface area contributed by atoms with Gasteiger partial charge in [0.25, 0.3) is 0 Å². The monoisotopic (exact) mass is 188 g/mol. The van der Waals surface area contributed by atoms with Crippen LogP contribution in [0.1, 0.15) is 34.6 Å². The van der Waals surface area contributed by atoms with E-state index in [1.807, 2.05) is 0 Å². The Hall–Kier alpha value is -1.06. The second-order valence-corrected chi connectivity index (χ2v) is 3.79. The number of hydrogen-bond acceptors (Lipinski definition) is 4. The second-order valence-electron chi connectivity index (χ2n) is 3.79. The van der Waals surface area contributed by atoms with Crippen molar-refractivity contribution in [2.75, 3.05) is 0 Å². The molecule has 0 aliphatic heterocycles. The molecule has 0 bridgehead atoms. The van der Waals surface area contributed by atoms with Crippen LogP contribution in [0.25, 0.3) is 0 Å². The van der Waals surface area contributed by atoms with Gasteiger partial charge in [0, 0.05) is 6.92 Å². The van der Waals surface area contributed by atoms with Crippen LogP contribution in [0.4, 0.5) is 0 Å². The van der Waals surface area contributed by atoms with Crippen LogP contribution in [-0.4, -0.2) is 23.6 Å². The fraction of sp³-hybridized carbons (Fsp3) is 0.778. The maximum atomic E-state index is 11.2. The van der Waals surface area contributed by atoms with Gasteiger partial charge in [0.15, 0.2) is 6.10 Å². The molecular weight excluding hydrogens is 172 g/mol. The number of carbonyl (C=O) groups is 2. The lowest BCUT2D eigenvalue weighted by Crippen LogP contribution is -2.32. The van der Waals surface area contributed by atoms with Gasteiger partial charge in [0.1, 0.15) is 5.60 Å². The minimum Gasteiger partial charge on any atom is -0.457 e. The Balaban J connectivity index is 4.05. The van der Waals surface area contributed by atoms with Crippen molar-refractivity contribution < 1.29 is 19.1 Å². The third-order valence-corrected chi connectivity index (χ3v) is 1.08. The Morgan fingerprint density at radius 2 is 1.69 bits per heavy atom. The van der Waals surface area contributed by atoms with E-state index in [1.54, 1.807) is 20.8 Å². The molecule has 0 aromatic heterocycles. The summed E-state index contributed by atoms with van der Waals surface area (Å²) in [5, 5.41) is 0. The average Bonchev–Trinajstić information content (AvgIpc) is 1.81. The lowest BCUT2D eigenvalue weighted by Gasteiger charge is -2.21. The second kappa shape index (κ2) is 4.25. The van der Waals surface area contributed by atoms with Crippen molar-refractivity contribution in [2.24, 2.45) is 0 Å². The van der Waals surface area contributed by atoms with E-state index >= 15 is 0 Å². The van der Waals surface area contributed by atoms with Crippen LogP contribution in [0.2, 0.25) is 0 Å². The fourth-order valence-corrected chi connectivity index (χ4v) is 0.682. The summed E-state index contributed by atoms with van der Waals surface area (Å²) in [5.41, 5.74) is -0.550. The Kier molecular flexibility index (Phi) is 3.91. The molecule has 0 saturated heterocycles. The third-order valence-electron chi connectivity index (χ3n) is 1.08. The lowest BCUT2D eigenvalue weighted by molar-refractivity contribution is -0.173. The normalized spacial score (nSPS) is 13.3. The highest BCUT2D eigenvalue weighted by molar-refractivity contribution is 5.78. The first kappa shape index (κ1) is 11.9. The molecular formula is C9H16O4. The quantitative estimate of drug-likeness (QED) is 0.612. The maximum absolute atomic E-state index is 11.2. The molecule has 0 aromatic rings. The molecule has 13 heavy (non-hydrogen) atoms. The van der Waals surface area contributed by atoms with Gasteiger partial charge in [-0.3, -0.25) is 4.79 Å². The number of rotatable bonds is 2. The molecule has 0 fully saturated rings. The summed E-state index contributed by atoms with van der Waals surface area (Å²) in [6.45, 7) is 8.00. The van der Waals surface area contributed by atoms with Crippen molar-refractivity contribution in [3.8, 4) is 0 Å². The summed E-state index contributed by atoms with van der Waals surface area (Å²) >= 11 is 0. The number of esters is 2. The van der Waals surface area contributed by atoms with Crippen molar-refractivity contribution in [1.82, 2.24) is 0 Å². The molecule has 0 spiro atoms. The fourth-order valence-electron chi connectivity index (χ4n) is 0.682. The maximum Gasteiger partial charge on any atom is 0.347 e. The number of ether oxygens (including phenoxy) is 2. The average molecular weight is 188 g/mol. The van der Waals surface area contributed by atoms with E-state index in [2.05, 4.69) is 4.74 Å². The smallest absolute Gasteiger partial charge is 0.347 e. The Bertz CT molecular complexity index is 202. The van der Waals surface area contributed by atoms with Crippen LogP contribution in [0.5, 0.6) is 0 Å². The zero-order chi connectivity index (χ0) is 10.6. The van der Waals surface area contributed by atoms with Crippen molar-refractivity contribution >= 4 is 11.9 Å². The van der Waals surface area contributed by atoms with E-state index in [9.17, 15) is 9.59 Å². The minimum atomic E-state index is -0.836. The van der Waals surface area contributed by atoms with E-state index in [-0.39, 0.29) is 0 Å². The van der Waals surface area contributed by atoms with Gasteiger partial charge in [-0.2, -0.15) is 0 Å². The molecule has 0 N–H and O–H groups in total. The number of hydrogen-bond donors (Lipinski definition) is 0. The van der Waals surface area contributed by atoms with Gasteiger partial charge in [-0.05, 0) is 27.7 Å². The van der Waals surface area contributed by atoms with Crippen molar-refractivity contribution in [3.63, 3.8) is 0 Å². The van der Waals surface area contributed by atoms with Crippen LogP contribution < -0.4 is 0 Å². The van der Waals surface area contributed by atoms with Crippen LogP contribution in [0.3, 0.4) is 0 Å². The molecule has 4 nitrogen and oxygen atoms in total. The van der Waals surface area contributed by atoms with Gasteiger partial charge in [-0.1, -0.05) is 0 Å². The molecule has 0 radical (unpaired) electrons. The Labute approximate surface area is 78.2 Å². The highest BCUT2D eigenvalue weighted by Crippen LogP contribution is 2.09. The van der Waals surface area contributed by atoms with Gasteiger partial charge in [-0.25, -0.2) is 4.79 Å². The summed E-state index contributed by atoms with van der Waals surface area (Å²) in [4.78, 5) is 21.7. The summed E-state index contributed by atoms with van der Waals surface area (Å²) in [7, 11) is 0. The van der Waals surface area contributed by atoms with Crippen LogP contribution >= 0.6 is 0 Å². The zero-order valence-corrected chi connectivity index (χ0v) is 8.71. The van der Waals surface area contributed by atoms with Crippen LogP contribution in [0, 0.1) is 0 Å². The minimum absolute atomic E-state index is 0.488. The van der Waals surface area contributed by atoms with Crippen LogP contribution in [-0.2, 0) is 19.1 Å². The van der Waals surface area contributed by atoms with E-state index < -0.39 is 23.6 Å². The zero-order valence-electron chi connectivity index (χ0n) is 8.71. The third kappa shape index (κ3) is 6.13. The van der Waals surface area contributed by atoms with Gasteiger partial charge in [0.2, 0.25) is 0 Å². The van der Waals surface area contributed by atoms with Crippen molar-refractivity contribution in [3.05, 3.63) is 0 Å². The summed E-state index contributed by atoms with van der Waals surface area (Å²) < 4.78 is 9.63. The molecule has 0 aliphatic rings. The summed E-state index contributed by atoms with van der Waals surface area (Å²) in [5.74, 6) is -1.01. The lowest BCUT2D eigenvalue weighted by atomic mass is 10.2. The van der Waals surface area contributed by atoms with Gasteiger partial charge in [0.05, 0.1) is 0 Å². The molecule has 0 saturated carbocycles. The van der Waals surface area contributed by atoms with Crippen LogP contribution in [0.15, 0.2) is 0 Å². The molecule has 0 unspecified atom stereocenters. The molecule has 0 amide bonds. The Morgan fingerprint density at radius 3 is 2.00 bits per heavy atom. The molecule has 0 aromatic carbocycles. The molecule has 4 heteroatoms. The standard InChI is InChI=1S/C9H16O4/c1-6(12-7(2)10)8(11)13-9(3,4)5/h6H,1-5H3/t6-/m1/s1. The van der Waals surface area contributed by atoms with E-state index in [0.29, 0.717) is 0 Å². The van der Waals surface area contributed by atoms with Gasteiger partial charge < -0.3 is 9.47 Å². The topological polar surface area (TPSA) is 52.6 Å². The predicted molar refractivity (Wildman–Crippen MR) is 47.1 cm³/mol. The first-order chi connectivity index (χ1) is 5.72. The SMILES string of the molecule is CC(=O)O[C@H](C)C(=O)OC(C)(C)C. The summed E-state index contributed by atoms with van der Waals surface area (Å²) in [6.07, 6.45) is -0.836. The van der Waals surface area contributed by atoms with Gasteiger partial charge >= 0.3 is 11.9 Å². The highest BCUT2D eigenvalue weighted by Gasteiger charge is 2.23. The van der Waals surface area contributed by atoms with Crippen molar-refractivity contribution in [1.29, 1.82) is 0 Å². The number of carbonyl (C=O) groups excluding carboxylic acids is 2. The molecule has 76 valence electrons. The molecule has 0 heterocycles. The first-order valence-electron chi connectivity index (χ1n) is 4.12. The molecule has 1 atom stereocenters. The predicted octanol–water partition coefficient (Wildman–Crippen LogP) is 1.28. The Morgan fingerprint density at radius 1 is 1.23 bits per heavy atom. The molecule has 0 rings (SSSR count). The molecule has 0 aliphatic carbocycles. The highest BCUT2D eigenvalue weighted by atomic mass is 16.6. The largest absolute Gasteiger partial charge is 0.457 e.